The lowest BCUT2D eigenvalue weighted by atomic mass is 9.97. The number of anilines is 1. The number of sulfonamides is 1. The van der Waals surface area contributed by atoms with E-state index in [2.05, 4.69) is 5.32 Å². The van der Waals surface area contributed by atoms with Gasteiger partial charge in [0, 0.05) is 24.7 Å². The molecule has 0 bridgehead atoms. The van der Waals surface area contributed by atoms with Crippen LogP contribution in [0.4, 0.5) is 10.1 Å². The normalized spacial score (nSPS) is 16.3. The number of benzene rings is 2. The van der Waals surface area contributed by atoms with Crippen molar-refractivity contribution >= 4 is 21.6 Å². The summed E-state index contributed by atoms with van der Waals surface area (Å²) in [7, 11) is -3.55. The van der Waals surface area contributed by atoms with Crippen molar-refractivity contribution in [3.8, 4) is 0 Å². The van der Waals surface area contributed by atoms with Gasteiger partial charge in [-0.15, -0.1) is 0 Å². The first-order valence-corrected chi connectivity index (χ1v) is 10.4. The molecule has 5 nitrogen and oxygen atoms in total. The van der Waals surface area contributed by atoms with E-state index >= 15 is 0 Å². The van der Waals surface area contributed by atoms with Gasteiger partial charge >= 0.3 is 0 Å². The maximum atomic E-state index is 12.9. The number of piperidine rings is 1. The lowest BCUT2D eigenvalue weighted by molar-refractivity contribution is -0.120. The van der Waals surface area contributed by atoms with Crippen LogP contribution in [-0.2, 0) is 14.8 Å². The fourth-order valence-electron chi connectivity index (χ4n) is 3.16. The molecule has 7 heteroatoms. The molecule has 1 N–H and O–H groups in total. The molecular formula is C20H23FN2O3S. The van der Waals surface area contributed by atoms with Crippen molar-refractivity contribution in [2.45, 2.75) is 31.6 Å². The van der Waals surface area contributed by atoms with Crippen LogP contribution in [0.5, 0.6) is 0 Å². The molecule has 0 spiro atoms. The third-order valence-corrected chi connectivity index (χ3v) is 6.95. The Morgan fingerprint density at radius 2 is 1.67 bits per heavy atom. The zero-order chi connectivity index (χ0) is 19.6. The Bertz CT molecular complexity index is 934. The predicted octanol–water partition coefficient (Wildman–Crippen LogP) is 3.48. The molecule has 0 unspecified atom stereocenters. The summed E-state index contributed by atoms with van der Waals surface area (Å²) in [6.07, 6.45) is 0.911. The van der Waals surface area contributed by atoms with Crippen LogP contribution in [0.15, 0.2) is 47.4 Å². The van der Waals surface area contributed by atoms with Gasteiger partial charge in [-0.05, 0) is 74.2 Å². The van der Waals surface area contributed by atoms with Crippen LogP contribution in [0.1, 0.15) is 24.0 Å². The standard InChI is InChI=1S/C20H23FN2O3S/c1-14-3-8-19(13-15(14)2)27(25,26)23-11-9-16(10-12-23)20(24)22-18-6-4-17(21)5-7-18/h3-8,13,16H,9-12H2,1-2H3,(H,22,24). The molecule has 0 saturated carbocycles. The van der Waals surface area contributed by atoms with Crippen molar-refractivity contribution in [3.05, 3.63) is 59.4 Å². The molecule has 1 amide bonds. The molecule has 27 heavy (non-hydrogen) atoms. The minimum Gasteiger partial charge on any atom is -0.326 e. The summed E-state index contributed by atoms with van der Waals surface area (Å²) < 4.78 is 40.1. The number of nitrogens with one attached hydrogen (secondary N) is 1. The number of nitrogens with zero attached hydrogens (tertiary/aromatic N) is 1. The van der Waals surface area contributed by atoms with Crippen molar-refractivity contribution in [2.24, 2.45) is 5.92 Å². The number of halogens is 1. The van der Waals surface area contributed by atoms with Gasteiger partial charge in [0.1, 0.15) is 5.82 Å². The highest BCUT2D eigenvalue weighted by Crippen LogP contribution is 2.26. The number of aryl methyl sites for hydroxylation is 2. The number of carbonyl (C=O) groups excluding carboxylic acids is 1. The van der Waals surface area contributed by atoms with Crippen LogP contribution in [0, 0.1) is 25.6 Å². The van der Waals surface area contributed by atoms with Gasteiger partial charge in [0.25, 0.3) is 0 Å². The summed E-state index contributed by atoms with van der Waals surface area (Å²) >= 11 is 0. The van der Waals surface area contributed by atoms with Crippen molar-refractivity contribution in [1.82, 2.24) is 4.31 Å². The number of carbonyl (C=O) groups is 1. The van der Waals surface area contributed by atoms with E-state index in [0.717, 1.165) is 11.1 Å². The molecule has 1 heterocycles. The molecule has 0 atom stereocenters. The molecule has 2 aromatic rings. The van der Waals surface area contributed by atoms with Crippen molar-refractivity contribution in [3.63, 3.8) is 0 Å². The Morgan fingerprint density at radius 3 is 2.26 bits per heavy atom. The Hall–Kier alpha value is -2.25. The maximum absolute atomic E-state index is 12.9. The molecule has 0 aromatic heterocycles. The monoisotopic (exact) mass is 390 g/mol. The Labute approximate surface area is 159 Å². The molecule has 0 radical (unpaired) electrons. The highest BCUT2D eigenvalue weighted by atomic mass is 32.2. The SMILES string of the molecule is Cc1ccc(S(=O)(=O)N2CCC(C(=O)Nc3ccc(F)cc3)CC2)cc1C. The van der Waals surface area contributed by atoms with Gasteiger partial charge in [-0.25, -0.2) is 12.8 Å². The zero-order valence-corrected chi connectivity index (χ0v) is 16.2. The number of amides is 1. The second-order valence-electron chi connectivity index (χ2n) is 6.92. The van der Waals surface area contributed by atoms with Crippen LogP contribution in [0.25, 0.3) is 0 Å². The van der Waals surface area contributed by atoms with Crippen molar-refractivity contribution < 1.29 is 17.6 Å². The Balaban J connectivity index is 1.63. The van der Waals surface area contributed by atoms with Gasteiger partial charge in [0.15, 0.2) is 0 Å². The molecule has 2 aromatic carbocycles. The van der Waals surface area contributed by atoms with E-state index in [4.69, 9.17) is 0 Å². The molecule has 1 aliphatic heterocycles. The zero-order valence-electron chi connectivity index (χ0n) is 15.4. The number of hydrogen-bond donors (Lipinski definition) is 1. The van der Waals surface area contributed by atoms with E-state index in [0.29, 0.717) is 36.5 Å². The Morgan fingerprint density at radius 1 is 1.04 bits per heavy atom. The molecule has 1 aliphatic rings. The van der Waals surface area contributed by atoms with Crippen molar-refractivity contribution in [2.75, 3.05) is 18.4 Å². The maximum Gasteiger partial charge on any atom is 0.243 e. The molecule has 144 valence electrons. The van der Waals surface area contributed by atoms with Gasteiger partial charge in [0.2, 0.25) is 15.9 Å². The fourth-order valence-corrected chi connectivity index (χ4v) is 4.71. The predicted molar refractivity (Wildman–Crippen MR) is 102 cm³/mol. The molecular weight excluding hydrogens is 367 g/mol. The highest BCUT2D eigenvalue weighted by molar-refractivity contribution is 7.89. The second-order valence-corrected chi connectivity index (χ2v) is 8.86. The van der Waals surface area contributed by atoms with E-state index < -0.39 is 10.0 Å². The van der Waals surface area contributed by atoms with E-state index in [9.17, 15) is 17.6 Å². The second kappa shape index (κ2) is 7.78. The smallest absolute Gasteiger partial charge is 0.243 e. The first-order valence-electron chi connectivity index (χ1n) is 8.91. The van der Waals surface area contributed by atoms with Gasteiger partial charge in [-0.1, -0.05) is 6.07 Å². The summed E-state index contributed by atoms with van der Waals surface area (Å²) in [5.41, 5.74) is 2.52. The number of hydrogen-bond acceptors (Lipinski definition) is 3. The highest BCUT2D eigenvalue weighted by Gasteiger charge is 2.32. The van der Waals surface area contributed by atoms with Crippen LogP contribution in [-0.4, -0.2) is 31.7 Å². The van der Waals surface area contributed by atoms with Gasteiger partial charge in [-0.3, -0.25) is 4.79 Å². The summed E-state index contributed by atoms with van der Waals surface area (Å²) in [4.78, 5) is 12.7. The minimum atomic E-state index is -3.55. The van der Waals surface area contributed by atoms with E-state index in [1.54, 1.807) is 12.1 Å². The largest absolute Gasteiger partial charge is 0.326 e. The van der Waals surface area contributed by atoms with E-state index in [-0.39, 0.29) is 17.6 Å². The number of rotatable bonds is 4. The molecule has 0 aliphatic carbocycles. The lowest BCUT2D eigenvalue weighted by Gasteiger charge is -2.30. The first kappa shape index (κ1) is 19.5. The Kier molecular flexibility index (Phi) is 5.62. The summed E-state index contributed by atoms with van der Waals surface area (Å²) in [6.45, 7) is 4.44. The van der Waals surface area contributed by atoms with Crippen LogP contribution in [0.3, 0.4) is 0 Å². The minimum absolute atomic E-state index is 0.162. The molecule has 1 fully saturated rings. The third kappa shape index (κ3) is 4.36. The summed E-state index contributed by atoms with van der Waals surface area (Å²) in [6, 6.07) is 10.7. The first-order chi connectivity index (χ1) is 12.8. The summed E-state index contributed by atoms with van der Waals surface area (Å²) in [5.74, 6) is -0.788. The lowest BCUT2D eigenvalue weighted by Crippen LogP contribution is -2.41. The van der Waals surface area contributed by atoms with Crippen LogP contribution >= 0.6 is 0 Å². The fraction of sp³-hybridized carbons (Fsp3) is 0.350. The average Bonchev–Trinajstić information content (AvgIpc) is 2.66. The van der Waals surface area contributed by atoms with E-state index in [1.807, 2.05) is 19.9 Å². The topological polar surface area (TPSA) is 66.5 Å². The summed E-state index contributed by atoms with van der Waals surface area (Å²) in [5, 5.41) is 2.76. The molecule has 1 saturated heterocycles. The van der Waals surface area contributed by atoms with Gasteiger partial charge in [0.05, 0.1) is 4.90 Å². The van der Waals surface area contributed by atoms with Gasteiger partial charge in [-0.2, -0.15) is 4.31 Å². The van der Waals surface area contributed by atoms with Gasteiger partial charge < -0.3 is 5.32 Å². The molecule has 3 rings (SSSR count). The third-order valence-electron chi connectivity index (χ3n) is 5.05. The average molecular weight is 390 g/mol. The quantitative estimate of drug-likeness (QED) is 0.869. The van der Waals surface area contributed by atoms with E-state index in [1.165, 1.54) is 28.6 Å². The van der Waals surface area contributed by atoms with Crippen molar-refractivity contribution in [1.29, 1.82) is 0 Å². The van der Waals surface area contributed by atoms with Crippen LogP contribution in [0.2, 0.25) is 0 Å². The van der Waals surface area contributed by atoms with Crippen LogP contribution < -0.4 is 5.32 Å².